The number of anilines is 1. The van der Waals surface area contributed by atoms with Crippen LogP contribution in [0.4, 0.5) is 5.82 Å². The molecule has 4 N–H and O–H groups in total. The van der Waals surface area contributed by atoms with Gasteiger partial charge < -0.3 is 20.5 Å². The number of nitrogens with zero attached hydrogens (tertiary/aromatic N) is 2. The number of aromatic nitrogens is 2. The fraction of sp³-hybridized carbons (Fsp3) is 0.375. The topological polar surface area (TPSA) is 93.0 Å². The highest BCUT2D eigenvalue weighted by Gasteiger charge is 2.21. The van der Waals surface area contributed by atoms with Gasteiger partial charge in [0.25, 0.3) is 0 Å². The second-order valence-electron chi connectivity index (χ2n) is 5.36. The quantitative estimate of drug-likeness (QED) is 0.818. The van der Waals surface area contributed by atoms with E-state index in [0.717, 1.165) is 29.8 Å². The Bertz CT molecular complexity index is 786. The SMILES string of the molecule is COc1cc2c(cc1OC)-c1cc(NCC[NH3+])nc(=O)n1CC2. The highest BCUT2D eigenvalue weighted by Crippen LogP contribution is 2.38. The van der Waals surface area contributed by atoms with Crippen molar-refractivity contribution in [2.24, 2.45) is 0 Å². The van der Waals surface area contributed by atoms with Crippen molar-refractivity contribution in [1.29, 1.82) is 0 Å². The number of hydrogen-bond acceptors (Lipinski definition) is 5. The maximum absolute atomic E-state index is 12.3. The van der Waals surface area contributed by atoms with Gasteiger partial charge in [-0.05, 0) is 24.1 Å². The fourth-order valence-electron chi connectivity index (χ4n) is 2.85. The van der Waals surface area contributed by atoms with E-state index in [0.29, 0.717) is 30.4 Å². The molecule has 0 bridgehead atoms. The molecule has 1 aliphatic rings. The van der Waals surface area contributed by atoms with Crippen LogP contribution in [0.3, 0.4) is 0 Å². The zero-order valence-corrected chi connectivity index (χ0v) is 13.4. The monoisotopic (exact) mass is 317 g/mol. The molecule has 122 valence electrons. The van der Waals surface area contributed by atoms with Crippen LogP contribution < -0.4 is 26.2 Å². The minimum atomic E-state index is -0.241. The molecule has 0 unspecified atom stereocenters. The smallest absolute Gasteiger partial charge is 0.349 e. The van der Waals surface area contributed by atoms with Gasteiger partial charge in [0.15, 0.2) is 11.5 Å². The zero-order valence-electron chi connectivity index (χ0n) is 13.4. The molecule has 1 aliphatic heterocycles. The van der Waals surface area contributed by atoms with E-state index in [1.807, 2.05) is 18.2 Å². The molecule has 1 aromatic carbocycles. The van der Waals surface area contributed by atoms with E-state index in [1.165, 1.54) is 0 Å². The Morgan fingerprint density at radius 2 is 2.00 bits per heavy atom. The van der Waals surface area contributed by atoms with Crippen molar-refractivity contribution in [2.45, 2.75) is 13.0 Å². The molecule has 0 atom stereocenters. The molecule has 0 amide bonds. The third kappa shape index (κ3) is 2.75. The van der Waals surface area contributed by atoms with Crippen LogP contribution >= 0.6 is 0 Å². The van der Waals surface area contributed by atoms with Gasteiger partial charge in [-0.15, -0.1) is 0 Å². The molecule has 2 aromatic rings. The lowest BCUT2D eigenvalue weighted by Gasteiger charge is -2.23. The molecule has 1 aromatic heterocycles. The summed E-state index contributed by atoms with van der Waals surface area (Å²) in [6.45, 7) is 2.01. The van der Waals surface area contributed by atoms with Gasteiger partial charge in [0.05, 0.1) is 33.0 Å². The van der Waals surface area contributed by atoms with Gasteiger partial charge in [-0.3, -0.25) is 4.57 Å². The van der Waals surface area contributed by atoms with Crippen molar-refractivity contribution < 1.29 is 15.2 Å². The van der Waals surface area contributed by atoms with Gasteiger partial charge in [-0.2, -0.15) is 4.98 Å². The summed E-state index contributed by atoms with van der Waals surface area (Å²) in [5.74, 6) is 1.93. The first-order valence-electron chi connectivity index (χ1n) is 7.58. The summed E-state index contributed by atoms with van der Waals surface area (Å²) >= 11 is 0. The van der Waals surface area contributed by atoms with Crippen molar-refractivity contribution in [3.63, 3.8) is 0 Å². The van der Waals surface area contributed by atoms with E-state index in [-0.39, 0.29) is 5.69 Å². The van der Waals surface area contributed by atoms with Crippen LogP contribution in [0.5, 0.6) is 11.5 Å². The van der Waals surface area contributed by atoms with Crippen molar-refractivity contribution in [3.8, 4) is 22.8 Å². The summed E-state index contributed by atoms with van der Waals surface area (Å²) < 4.78 is 12.5. The van der Waals surface area contributed by atoms with Gasteiger partial charge in [-0.25, -0.2) is 4.79 Å². The van der Waals surface area contributed by atoms with Crippen molar-refractivity contribution in [2.75, 3.05) is 32.6 Å². The number of aryl methyl sites for hydroxylation is 1. The van der Waals surface area contributed by atoms with Crippen LogP contribution in [0.25, 0.3) is 11.3 Å². The highest BCUT2D eigenvalue weighted by molar-refractivity contribution is 5.71. The molecular weight excluding hydrogens is 296 g/mol. The number of benzene rings is 1. The van der Waals surface area contributed by atoms with Crippen LogP contribution in [-0.2, 0) is 13.0 Å². The Hall–Kier alpha value is -2.54. The van der Waals surface area contributed by atoms with Crippen LogP contribution in [0, 0.1) is 0 Å². The number of ether oxygens (including phenoxy) is 2. The van der Waals surface area contributed by atoms with Crippen molar-refractivity contribution in [1.82, 2.24) is 9.55 Å². The van der Waals surface area contributed by atoms with Gasteiger partial charge in [0.2, 0.25) is 0 Å². The molecular formula is C16H21N4O3+. The number of fused-ring (bicyclic) bond motifs is 3. The molecule has 0 aliphatic carbocycles. The molecule has 7 nitrogen and oxygen atoms in total. The van der Waals surface area contributed by atoms with E-state index in [9.17, 15) is 4.79 Å². The first kappa shape index (κ1) is 15.4. The average molecular weight is 317 g/mol. The molecule has 0 saturated heterocycles. The number of hydrogen-bond donors (Lipinski definition) is 2. The van der Waals surface area contributed by atoms with Crippen molar-refractivity contribution in [3.05, 3.63) is 34.2 Å². The van der Waals surface area contributed by atoms with Crippen LogP contribution in [0.2, 0.25) is 0 Å². The predicted molar refractivity (Wildman–Crippen MR) is 87.0 cm³/mol. The van der Waals surface area contributed by atoms with Gasteiger partial charge in [0.1, 0.15) is 5.82 Å². The molecule has 3 rings (SSSR count). The molecule has 0 radical (unpaired) electrons. The normalized spacial score (nSPS) is 12.3. The Morgan fingerprint density at radius 1 is 1.26 bits per heavy atom. The van der Waals surface area contributed by atoms with Crippen LogP contribution in [0.15, 0.2) is 23.0 Å². The number of rotatable bonds is 5. The number of methoxy groups -OCH3 is 2. The molecule has 0 fully saturated rings. The van der Waals surface area contributed by atoms with Gasteiger partial charge in [-0.1, -0.05) is 0 Å². The molecule has 0 spiro atoms. The molecule has 23 heavy (non-hydrogen) atoms. The van der Waals surface area contributed by atoms with Gasteiger partial charge in [0, 0.05) is 18.2 Å². The second-order valence-corrected chi connectivity index (χ2v) is 5.36. The molecule has 7 heteroatoms. The second kappa shape index (κ2) is 6.29. The lowest BCUT2D eigenvalue weighted by atomic mass is 9.97. The van der Waals surface area contributed by atoms with Crippen molar-refractivity contribution >= 4 is 5.82 Å². The zero-order chi connectivity index (χ0) is 16.4. The Labute approximate surface area is 134 Å². The average Bonchev–Trinajstić information content (AvgIpc) is 2.58. The fourth-order valence-corrected chi connectivity index (χ4v) is 2.85. The Morgan fingerprint density at radius 3 is 2.70 bits per heavy atom. The summed E-state index contributed by atoms with van der Waals surface area (Å²) in [5.41, 5.74) is 6.50. The van der Waals surface area contributed by atoms with Gasteiger partial charge >= 0.3 is 5.69 Å². The van der Waals surface area contributed by atoms with E-state index >= 15 is 0 Å². The number of quaternary nitrogens is 1. The van der Waals surface area contributed by atoms with Crippen LogP contribution in [0.1, 0.15) is 5.56 Å². The molecule has 0 saturated carbocycles. The third-order valence-corrected chi connectivity index (χ3v) is 3.98. The number of nitrogens with one attached hydrogen (secondary N) is 1. The van der Waals surface area contributed by atoms with E-state index in [2.05, 4.69) is 16.0 Å². The minimum absolute atomic E-state index is 0.241. The maximum Gasteiger partial charge on any atom is 0.349 e. The first-order valence-corrected chi connectivity index (χ1v) is 7.58. The summed E-state index contributed by atoms with van der Waals surface area (Å²) in [6, 6.07) is 5.80. The Kier molecular flexibility index (Phi) is 4.20. The predicted octanol–water partition coefficient (Wildman–Crippen LogP) is 0.137. The maximum atomic E-state index is 12.3. The Balaban J connectivity index is 2.15. The lowest BCUT2D eigenvalue weighted by molar-refractivity contribution is -0.362. The lowest BCUT2D eigenvalue weighted by Crippen LogP contribution is -2.53. The summed E-state index contributed by atoms with van der Waals surface area (Å²) in [5, 5.41) is 3.12. The largest absolute Gasteiger partial charge is 0.493 e. The minimum Gasteiger partial charge on any atom is -0.493 e. The highest BCUT2D eigenvalue weighted by atomic mass is 16.5. The summed E-state index contributed by atoms with van der Waals surface area (Å²) in [4.78, 5) is 16.4. The van der Waals surface area contributed by atoms with E-state index in [1.54, 1.807) is 18.8 Å². The third-order valence-electron chi connectivity index (χ3n) is 3.98. The van der Waals surface area contributed by atoms with E-state index in [4.69, 9.17) is 9.47 Å². The van der Waals surface area contributed by atoms with E-state index < -0.39 is 0 Å². The molecule has 2 heterocycles. The first-order chi connectivity index (χ1) is 11.2. The standard InChI is InChI=1S/C16H20N4O3/c1-22-13-7-10-3-6-20-12(11(10)8-14(13)23-2)9-15(18-5-4-17)19-16(20)21/h7-9H,3-6,17H2,1-2H3,(H,18,19,21)/p+1. The summed E-state index contributed by atoms with van der Waals surface area (Å²) in [6.07, 6.45) is 0.760. The van der Waals surface area contributed by atoms with Crippen LogP contribution in [-0.4, -0.2) is 36.9 Å². The summed E-state index contributed by atoms with van der Waals surface area (Å²) in [7, 11) is 3.23.